The second kappa shape index (κ2) is 6.85. The van der Waals surface area contributed by atoms with Crippen molar-refractivity contribution in [3.63, 3.8) is 0 Å². The molecule has 0 spiro atoms. The SMILES string of the molecule is Cc1nc([C@H]2CNCCO2)cc(N(C)Cc2ccccc2)n1. The zero-order valence-corrected chi connectivity index (χ0v) is 13.1. The van der Waals surface area contributed by atoms with Gasteiger partial charge in [0.1, 0.15) is 17.7 Å². The molecule has 0 bridgehead atoms. The Kier molecular flexibility index (Phi) is 4.65. The maximum absolute atomic E-state index is 5.80. The molecular formula is C17H22N4O. The molecule has 0 amide bonds. The van der Waals surface area contributed by atoms with Crippen LogP contribution in [0.1, 0.15) is 23.2 Å². The molecule has 0 saturated carbocycles. The van der Waals surface area contributed by atoms with Gasteiger partial charge >= 0.3 is 0 Å². The van der Waals surface area contributed by atoms with Gasteiger partial charge in [-0.1, -0.05) is 30.3 Å². The zero-order chi connectivity index (χ0) is 15.4. The summed E-state index contributed by atoms with van der Waals surface area (Å²) >= 11 is 0. The van der Waals surface area contributed by atoms with Gasteiger partial charge in [0.2, 0.25) is 0 Å². The minimum atomic E-state index is 0.0133. The number of aromatic nitrogens is 2. The molecule has 2 aromatic rings. The first-order valence-electron chi connectivity index (χ1n) is 7.65. The van der Waals surface area contributed by atoms with E-state index in [0.717, 1.165) is 43.6 Å². The first-order valence-corrected chi connectivity index (χ1v) is 7.65. The predicted octanol–water partition coefficient (Wildman–Crippen LogP) is 2.08. The van der Waals surface area contributed by atoms with Crippen LogP contribution in [0.2, 0.25) is 0 Å². The van der Waals surface area contributed by atoms with Crippen molar-refractivity contribution in [3.8, 4) is 0 Å². The highest BCUT2D eigenvalue weighted by Gasteiger charge is 2.19. The molecule has 0 aliphatic carbocycles. The van der Waals surface area contributed by atoms with Gasteiger partial charge in [0.15, 0.2) is 0 Å². The normalized spacial score (nSPS) is 18.2. The molecule has 1 fully saturated rings. The highest BCUT2D eigenvalue weighted by atomic mass is 16.5. The number of benzene rings is 1. The van der Waals surface area contributed by atoms with E-state index in [9.17, 15) is 0 Å². The number of anilines is 1. The van der Waals surface area contributed by atoms with Crippen LogP contribution in [0, 0.1) is 6.92 Å². The number of aryl methyl sites for hydroxylation is 1. The minimum absolute atomic E-state index is 0.0133. The summed E-state index contributed by atoms with van der Waals surface area (Å²) in [6, 6.07) is 12.4. The Morgan fingerprint density at radius 1 is 1.27 bits per heavy atom. The van der Waals surface area contributed by atoms with Crippen LogP contribution in [-0.2, 0) is 11.3 Å². The molecule has 1 saturated heterocycles. The van der Waals surface area contributed by atoms with Crippen molar-refractivity contribution in [1.82, 2.24) is 15.3 Å². The highest BCUT2D eigenvalue weighted by Crippen LogP contribution is 2.21. The molecular weight excluding hydrogens is 276 g/mol. The van der Waals surface area contributed by atoms with Crippen LogP contribution in [0.3, 0.4) is 0 Å². The van der Waals surface area contributed by atoms with Crippen LogP contribution >= 0.6 is 0 Å². The van der Waals surface area contributed by atoms with E-state index in [4.69, 9.17) is 4.74 Å². The standard InChI is InChI=1S/C17H22N4O/c1-13-19-15(16-11-18-8-9-22-16)10-17(20-13)21(2)12-14-6-4-3-5-7-14/h3-7,10,16,18H,8-9,11-12H2,1-2H3/t16-/m1/s1. The van der Waals surface area contributed by atoms with Gasteiger partial charge in [-0.3, -0.25) is 0 Å². The van der Waals surface area contributed by atoms with Crippen LogP contribution in [0.4, 0.5) is 5.82 Å². The molecule has 3 rings (SSSR count). The van der Waals surface area contributed by atoms with Crippen LogP contribution < -0.4 is 10.2 Å². The first-order chi connectivity index (χ1) is 10.7. The minimum Gasteiger partial charge on any atom is -0.369 e. The average molecular weight is 298 g/mol. The third-order valence-corrected chi connectivity index (χ3v) is 3.76. The van der Waals surface area contributed by atoms with Gasteiger partial charge in [-0.2, -0.15) is 0 Å². The van der Waals surface area contributed by atoms with Gasteiger partial charge in [-0.15, -0.1) is 0 Å². The number of rotatable bonds is 4. The van der Waals surface area contributed by atoms with E-state index in [1.165, 1.54) is 5.56 Å². The summed E-state index contributed by atoms with van der Waals surface area (Å²) in [5.41, 5.74) is 2.22. The molecule has 1 N–H and O–H groups in total. The number of hydrogen-bond donors (Lipinski definition) is 1. The first kappa shape index (κ1) is 14.9. The Balaban J connectivity index is 1.79. The highest BCUT2D eigenvalue weighted by molar-refractivity contribution is 5.40. The average Bonchev–Trinajstić information content (AvgIpc) is 2.56. The number of hydrogen-bond acceptors (Lipinski definition) is 5. The summed E-state index contributed by atoms with van der Waals surface area (Å²) in [5.74, 6) is 1.71. The fourth-order valence-corrected chi connectivity index (χ4v) is 2.63. The Labute approximate surface area is 131 Å². The topological polar surface area (TPSA) is 50.3 Å². The zero-order valence-electron chi connectivity index (χ0n) is 13.1. The number of morpholine rings is 1. The maximum Gasteiger partial charge on any atom is 0.132 e. The Hall–Kier alpha value is -1.98. The van der Waals surface area contributed by atoms with Crippen molar-refractivity contribution in [2.75, 3.05) is 31.6 Å². The lowest BCUT2D eigenvalue weighted by Gasteiger charge is -2.25. The summed E-state index contributed by atoms with van der Waals surface area (Å²) < 4.78 is 5.80. The molecule has 22 heavy (non-hydrogen) atoms. The van der Waals surface area contributed by atoms with E-state index in [-0.39, 0.29) is 6.10 Å². The van der Waals surface area contributed by atoms with Crippen LogP contribution in [-0.4, -0.2) is 36.7 Å². The van der Waals surface area contributed by atoms with Crippen molar-refractivity contribution in [2.24, 2.45) is 0 Å². The lowest BCUT2D eigenvalue weighted by Crippen LogP contribution is -2.34. The number of nitrogens with one attached hydrogen (secondary N) is 1. The molecule has 1 atom stereocenters. The Morgan fingerprint density at radius 2 is 2.09 bits per heavy atom. The Morgan fingerprint density at radius 3 is 2.82 bits per heavy atom. The van der Waals surface area contributed by atoms with E-state index in [1.54, 1.807) is 0 Å². The number of nitrogens with zero attached hydrogens (tertiary/aromatic N) is 3. The number of ether oxygens (including phenoxy) is 1. The third-order valence-electron chi connectivity index (χ3n) is 3.76. The summed E-state index contributed by atoms with van der Waals surface area (Å²) in [6.07, 6.45) is 0.0133. The smallest absolute Gasteiger partial charge is 0.132 e. The van der Waals surface area contributed by atoms with Crippen molar-refractivity contribution >= 4 is 5.82 Å². The molecule has 5 heteroatoms. The predicted molar refractivity (Wildman–Crippen MR) is 86.9 cm³/mol. The van der Waals surface area contributed by atoms with Crippen LogP contribution in [0.5, 0.6) is 0 Å². The summed E-state index contributed by atoms with van der Waals surface area (Å²) in [4.78, 5) is 11.3. The Bertz CT molecular complexity index is 611. The molecule has 1 aliphatic heterocycles. The van der Waals surface area contributed by atoms with Gasteiger partial charge in [0.25, 0.3) is 0 Å². The lowest BCUT2D eigenvalue weighted by atomic mass is 10.2. The largest absolute Gasteiger partial charge is 0.369 e. The summed E-state index contributed by atoms with van der Waals surface area (Å²) in [6.45, 7) is 5.18. The van der Waals surface area contributed by atoms with Gasteiger partial charge in [0.05, 0.1) is 12.3 Å². The van der Waals surface area contributed by atoms with Gasteiger partial charge in [-0.25, -0.2) is 9.97 Å². The van der Waals surface area contributed by atoms with Crippen LogP contribution in [0.15, 0.2) is 36.4 Å². The van der Waals surface area contributed by atoms with Crippen molar-refractivity contribution in [1.29, 1.82) is 0 Å². The molecule has 2 heterocycles. The van der Waals surface area contributed by atoms with Crippen molar-refractivity contribution in [2.45, 2.75) is 19.6 Å². The molecule has 1 aliphatic rings. The van der Waals surface area contributed by atoms with E-state index >= 15 is 0 Å². The summed E-state index contributed by atoms with van der Waals surface area (Å²) in [7, 11) is 2.05. The maximum atomic E-state index is 5.80. The monoisotopic (exact) mass is 298 g/mol. The molecule has 5 nitrogen and oxygen atoms in total. The van der Waals surface area contributed by atoms with Gasteiger partial charge in [0, 0.05) is 32.7 Å². The quantitative estimate of drug-likeness (QED) is 0.936. The van der Waals surface area contributed by atoms with Gasteiger partial charge < -0.3 is 15.0 Å². The van der Waals surface area contributed by atoms with E-state index in [2.05, 4.69) is 51.5 Å². The second-order valence-electron chi connectivity index (χ2n) is 5.60. The third kappa shape index (κ3) is 3.61. The molecule has 0 radical (unpaired) electrons. The fraction of sp³-hybridized carbons (Fsp3) is 0.412. The molecule has 116 valence electrons. The van der Waals surface area contributed by atoms with Crippen molar-refractivity contribution < 1.29 is 4.74 Å². The molecule has 1 aromatic heterocycles. The van der Waals surface area contributed by atoms with E-state index < -0.39 is 0 Å². The van der Waals surface area contributed by atoms with Crippen LogP contribution in [0.25, 0.3) is 0 Å². The lowest BCUT2D eigenvalue weighted by molar-refractivity contribution is 0.0249. The van der Waals surface area contributed by atoms with Crippen molar-refractivity contribution in [3.05, 3.63) is 53.5 Å². The second-order valence-corrected chi connectivity index (χ2v) is 5.60. The molecule has 0 unspecified atom stereocenters. The fourth-order valence-electron chi connectivity index (χ4n) is 2.63. The summed E-state index contributed by atoms with van der Waals surface area (Å²) in [5, 5.41) is 3.34. The van der Waals surface area contributed by atoms with E-state index in [0.29, 0.717) is 0 Å². The molecule has 1 aromatic carbocycles. The van der Waals surface area contributed by atoms with E-state index in [1.807, 2.05) is 19.1 Å². The van der Waals surface area contributed by atoms with Gasteiger partial charge in [-0.05, 0) is 12.5 Å².